The molecule has 0 radical (unpaired) electrons. The molecule has 2 aromatic carbocycles. The number of hydrogen-bond acceptors (Lipinski definition) is 14. The number of aromatic nitrogens is 6. The molecule has 5 aromatic rings. The van der Waals surface area contributed by atoms with Gasteiger partial charge >= 0.3 is 0 Å². The van der Waals surface area contributed by atoms with Crippen LogP contribution in [0.1, 0.15) is 82.9 Å². The van der Waals surface area contributed by atoms with Crippen LogP contribution < -0.4 is 32.7 Å². The first-order valence-corrected chi connectivity index (χ1v) is 23.0. The van der Waals surface area contributed by atoms with Gasteiger partial charge in [-0.05, 0) is 72.6 Å². The van der Waals surface area contributed by atoms with Crippen LogP contribution in [-0.2, 0) is 28.7 Å². The highest BCUT2D eigenvalue weighted by Gasteiger charge is 2.50. The zero-order valence-corrected chi connectivity index (χ0v) is 37.1. The standard InChI is InChI=1S/C46H53N15O3S/c1-28-37(25-54-44(50)57-28)31-6-10-36(11-7-31)46(42(48)59-40(64)34-24-56-61(27-34)16-17-65-2)19-29(20-46)18-38(62)51-14-15-60-26-33(23-55-60)39(63)58-41(47)45(12-3-13-45)35-8-4-30(5-9-35)32-21-52-43(49)53-22-32/h4-11,21-29H,3,12-20H2,1-2H3,(H,51,62)(H2,47,58,63)(H2,48,59,64)(H2,49,52,53)(H3,50,54,57). The molecule has 1 atom stereocenters. The molecule has 2 aliphatic carbocycles. The zero-order valence-electron chi connectivity index (χ0n) is 36.3. The van der Waals surface area contributed by atoms with Gasteiger partial charge in [0.25, 0.3) is 11.8 Å². The lowest BCUT2D eigenvalue weighted by Crippen LogP contribution is -2.54. The molecule has 65 heavy (non-hydrogen) atoms. The molecule has 3 amide bonds. The number of nitrogens with zero attached hydrogens (tertiary/aromatic N) is 7. The Morgan fingerprint density at radius 1 is 0.800 bits per heavy atom. The van der Waals surface area contributed by atoms with Gasteiger partial charge < -0.3 is 32.7 Å². The van der Waals surface area contributed by atoms with Gasteiger partial charge in [-0.2, -0.15) is 22.0 Å². The molecular weight excluding hydrogens is 843 g/mol. The van der Waals surface area contributed by atoms with Gasteiger partial charge in [-0.1, -0.05) is 55.0 Å². The molecule has 2 fully saturated rings. The van der Waals surface area contributed by atoms with E-state index in [1.165, 1.54) is 12.4 Å². The summed E-state index contributed by atoms with van der Waals surface area (Å²) in [6.45, 7) is 3.26. The van der Waals surface area contributed by atoms with Crippen LogP contribution in [0.3, 0.4) is 0 Å². The summed E-state index contributed by atoms with van der Waals surface area (Å²) in [6.07, 6.45) is 17.1. The summed E-state index contributed by atoms with van der Waals surface area (Å²) in [5, 5.41) is 38.4. The monoisotopic (exact) mass is 895 g/mol. The van der Waals surface area contributed by atoms with E-state index in [1.54, 1.807) is 45.9 Å². The lowest BCUT2D eigenvalue weighted by molar-refractivity contribution is -0.123. The Balaban J connectivity index is 0.847. The number of anilines is 1. The third-order valence-electron chi connectivity index (χ3n) is 12.7. The molecule has 18 nitrogen and oxygen atoms in total. The molecule has 2 saturated carbocycles. The second-order valence-electron chi connectivity index (χ2n) is 16.9. The van der Waals surface area contributed by atoms with Crippen LogP contribution in [0.15, 0.2) is 96.9 Å². The normalized spacial score (nSPS) is 19.6. The van der Waals surface area contributed by atoms with Crippen molar-refractivity contribution in [3.63, 3.8) is 0 Å². The first kappa shape index (κ1) is 44.5. The summed E-state index contributed by atoms with van der Waals surface area (Å²) in [5.74, 6) is 0.645. The van der Waals surface area contributed by atoms with E-state index in [4.69, 9.17) is 16.9 Å². The van der Waals surface area contributed by atoms with Crippen molar-refractivity contribution in [1.29, 1.82) is 10.8 Å². The number of guanidine groups is 1. The fourth-order valence-corrected chi connectivity index (χ4v) is 9.25. The van der Waals surface area contributed by atoms with Crippen LogP contribution in [0.2, 0.25) is 0 Å². The summed E-state index contributed by atoms with van der Waals surface area (Å²) in [6, 6.07) is 15.7. The largest absolute Gasteiger partial charge is 0.370 e. The van der Waals surface area contributed by atoms with Gasteiger partial charge in [0.1, 0.15) is 11.7 Å². The quantitative estimate of drug-likeness (QED) is 0.0513. The third kappa shape index (κ3) is 9.55. The molecule has 0 saturated heterocycles. The smallest absolute Gasteiger partial charge is 0.259 e. The molecule has 10 N–H and O–H groups in total. The summed E-state index contributed by atoms with van der Waals surface area (Å²) < 4.78 is 3.31. The third-order valence-corrected chi connectivity index (χ3v) is 13.3. The number of nitrogen functional groups attached to an aromatic ring is 1. The van der Waals surface area contributed by atoms with Gasteiger partial charge in [-0.3, -0.25) is 34.6 Å². The maximum absolute atomic E-state index is 13.4. The SMILES string of the molecule is CSCCn1cc(C(=O)NC(=N)C2(c3ccc(C4=CNC(N)=NC4C)cc3)CC(CC(=O)NCCn3cc(C(=O)NC(=N)C4(c5ccc(-c6cnc(N)nc6)cc5)CCC4)cn3)C2)cn1. The van der Waals surface area contributed by atoms with E-state index >= 15 is 0 Å². The van der Waals surface area contributed by atoms with Crippen LogP contribution >= 0.6 is 11.8 Å². The fourth-order valence-electron chi connectivity index (χ4n) is 8.88. The molecule has 8 rings (SSSR count). The number of nitrogens with one attached hydrogen (secondary N) is 6. The lowest BCUT2D eigenvalue weighted by atomic mass is 9.57. The Labute approximate surface area is 380 Å². The zero-order chi connectivity index (χ0) is 45.7. The Hall–Kier alpha value is -7.15. The molecule has 3 aliphatic rings. The number of rotatable bonds is 16. The summed E-state index contributed by atoms with van der Waals surface area (Å²) in [5.41, 5.74) is 16.3. The molecule has 1 unspecified atom stereocenters. The van der Waals surface area contributed by atoms with Crippen LogP contribution in [0, 0.1) is 16.7 Å². The average Bonchev–Trinajstić information content (AvgIpc) is 3.95. The molecule has 0 spiro atoms. The van der Waals surface area contributed by atoms with Crippen molar-refractivity contribution in [3.05, 3.63) is 120 Å². The molecule has 3 aromatic heterocycles. The van der Waals surface area contributed by atoms with Crippen molar-refractivity contribution >= 4 is 58.6 Å². The lowest BCUT2D eigenvalue weighted by Gasteiger charge is -2.48. The van der Waals surface area contributed by atoms with Crippen LogP contribution in [0.4, 0.5) is 5.95 Å². The number of carbonyl (C=O) groups is 3. The second kappa shape index (κ2) is 18.9. The first-order valence-electron chi connectivity index (χ1n) is 21.6. The van der Waals surface area contributed by atoms with E-state index in [2.05, 4.69) is 46.4 Å². The van der Waals surface area contributed by atoms with Crippen molar-refractivity contribution in [1.82, 2.24) is 50.8 Å². The Morgan fingerprint density at radius 3 is 1.94 bits per heavy atom. The maximum Gasteiger partial charge on any atom is 0.259 e. The number of aliphatic imine (C=N–C) groups is 1. The van der Waals surface area contributed by atoms with Gasteiger partial charge in [0, 0.05) is 61.8 Å². The highest BCUT2D eigenvalue weighted by Crippen LogP contribution is 2.50. The minimum atomic E-state index is -0.805. The number of thioether (sulfide) groups is 1. The van der Waals surface area contributed by atoms with E-state index < -0.39 is 22.6 Å². The topological polar surface area (TPSA) is 273 Å². The Bertz CT molecular complexity index is 2640. The van der Waals surface area contributed by atoms with Crippen molar-refractivity contribution in [2.75, 3.05) is 24.3 Å². The van der Waals surface area contributed by atoms with E-state index in [0.717, 1.165) is 58.4 Å². The Kier molecular flexibility index (Phi) is 12.9. The molecule has 336 valence electrons. The summed E-state index contributed by atoms with van der Waals surface area (Å²) in [7, 11) is 0. The van der Waals surface area contributed by atoms with Crippen molar-refractivity contribution in [2.45, 2.75) is 75.4 Å². The van der Waals surface area contributed by atoms with E-state index in [0.29, 0.717) is 43.0 Å². The molecule has 19 heteroatoms. The highest BCUT2D eigenvalue weighted by molar-refractivity contribution is 7.98. The number of aryl methyl sites for hydroxylation is 1. The number of nitrogens with two attached hydrogens (primary N) is 2. The number of amidine groups is 2. The Morgan fingerprint density at radius 2 is 1.37 bits per heavy atom. The predicted molar refractivity (Wildman–Crippen MR) is 251 cm³/mol. The minimum absolute atomic E-state index is 0.0330. The highest BCUT2D eigenvalue weighted by atomic mass is 32.2. The fraction of sp³-hybridized carbons (Fsp3) is 0.348. The van der Waals surface area contributed by atoms with Crippen molar-refractivity contribution in [2.24, 2.45) is 16.6 Å². The van der Waals surface area contributed by atoms with Gasteiger partial charge in [-0.25, -0.2) is 15.0 Å². The van der Waals surface area contributed by atoms with Crippen molar-refractivity contribution in [3.8, 4) is 11.1 Å². The van der Waals surface area contributed by atoms with Gasteiger partial charge in [0.05, 0.1) is 46.9 Å². The number of carbonyl (C=O) groups excluding carboxylic acids is 3. The van der Waals surface area contributed by atoms with Crippen LogP contribution in [-0.4, -0.2) is 89.5 Å². The first-order chi connectivity index (χ1) is 31.4. The molecular formula is C46H53N15O3S. The van der Waals surface area contributed by atoms with E-state index in [1.807, 2.05) is 67.9 Å². The van der Waals surface area contributed by atoms with Crippen LogP contribution in [0.5, 0.6) is 0 Å². The minimum Gasteiger partial charge on any atom is -0.370 e. The maximum atomic E-state index is 13.4. The summed E-state index contributed by atoms with van der Waals surface area (Å²) in [4.78, 5) is 52.5. The summed E-state index contributed by atoms with van der Waals surface area (Å²) >= 11 is 1.69. The average molecular weight is 896 g/mol. The second-order valence-corrected chi connectivity index (χ2v) is 17.9. The van der Waals surface area contributed by atoms with Crippen molar-refractivity contribution < 1.29 is 14.4 Å². The predicted octanol–water partition coefficient (Wildman–Crippen LogP) is 4.22. The molecule has 0 bridgehead atoms. The van der Waals surface area contributed by atoms with E-state index in [-0.39, 0.29) is 48.5 Å². The molecule has 4 heterocycles. The van der Waals surface area contributed by atoms with Crippen LogP contribution in [0.25, 0.3) is 16.7 Å². The number of hydrogen-bond donors (Lipinski definition) is 8. The number of benzene rings is 2. The molecule has 1 aliphatic heterocycles. The van der Waals surface area contributed by atoms with Gasteiger partial charge in [0.15, 0.2) is 5.96 Å². The van der Waals surface area contributed by atoms with Gasteiger partial charge in [0.2, 0.25) is 11.9 Å². The van der Waals surface area contributed by atoms with Gasteiger partial charge in [-0.15, -0.1) is 0 Å². The van der Waals surface area contributed by atoms with E-state index in [9.17, 15) is 19.8 Å². The number of amides is 3.